The minimum absolute atomic E-state index is 0.0208. The molecular formula is C22H38O2SSi. The first-order chi connectivity index (χ1) is 12.5. The van der Waals surface area contributed by atoms with E-state index in [-0.39, 0.29) is 5.60 Å². The van der Waals surface area contributed by atoms with Crippen LogP contribution in [0.4, 0.5) is 0 Å². The van der Waals surface area contributed by atoms with E-state index >= 15 is 0 Å². The number of aldehydes is 1. The molecule has 1 aromatic heterocycles. The number of hydrogen-bond acceptors (Lipinski definition) is 3. The second-order valence-corrected chi connectivity index (χ2v) is 12.8. The molecule has 26 heavy (non-hydrogen) atoms. The van der Waals surface area contributed by atoms with Crippen LogP contribution < -0.4 is 0 Å². The van der Waals surface area contributed by atoms with E-state index in [1.807, 2.05) is 11.4 Å². The standard InChI is InChI=1S/C22H38O2SSi/c1-7-20(21-16-19(17-23)18-25-21)14-13-15-22(8-2,9-3)24-26(10-4,11-5)12-6/h14,16-18H,7-13,15H2,1-6H3. The zero-order valence-corrected chi connectivity index (χ0v) is 19.5. The highest BCUT2D eigenvalue weighted by atomic mass is 32.1. The second-order valence-electron chi connectivity index (χ2n) is 7.22. The van der Waals surface area contributed by atoms with Gasteiger partial charge in [-0.05, 0) is 61.9 Å². The van der Waals surface area contributed by atoms with Gasteiger partial charge in [-0.15, -0.1) is 11.3 Å². The molecule has 0 N–H and O–H groups in total. The van der Waals surface area contributed by atoms with Crippen molar-refractivity contribution in [2.75, 3.05) is 0 Å². The van der Waals surface area contributed by atoms with Crippen molar-refractivity contribution in [1.82, 2.24) is 0 Å². The van der Waals surface area contributed by atoms with Gasteiger partial charge in [-0.25, -0.2) is 0 Å². The summed E-state index contributed by atoms with van der Waals surface area (Å²) < 4.78 is 6.98. The van der Waals surface area contributed by atoms with Crippen molar-refractivity contribution in [1.29, 1.82) is 0 Å². The number of thiophene rings is 1. The molecule has 0 saturated heterocycles. The minimum atomic E-state index is -1.60. The lowest BCUT2D eigenvalue weighted by Crippen LogP contribution is -2.46. The number of allylic oxidation sites excluding steroid dienone is 2. The maximum atomic E-state index is 10.9. The highest BCUT2D eigenvalue weighted by Gasteiger charge is 2.38. The van der Waals surface area contributed by atoms with Crippen molar-refractivity contribution >= 4 is 31.5 Å². The fraction of sp³-hybridized carbons (Fsp3) is 0.682. The fourth-order valence-electron chi connectivity index (χ4n) is 3.73. The lowest BCUT2D eigenvalue weighted by atomic mass is 9.91. The van der Waals surface area contributed by atoms with Crippen molar-refractivity contribution in [2.24, 2.45) is 0 Å². The summed E-state index contributed by atoms with van der Waals surface area (Å²) in [5.41, 5.74) is 2.16. The highest BCUT2D eigenvalue weighted by Crippen LogP contribution is 2.36. The first-order valence-corrected chi connectivity index (χ1v) is 13.8. The van der Waals surface area contributed by atoms with Gasteiger partial charge >= 0.3 is 0 Å². The lowest BCUT2D eigenvalue weighted by molar-refractivity contribution is 0.0397. The summed E-state index contributed by atoms with van der Waals surface area (Å²) in [6.07, 6.45) is 8.61. The Hall–Kier alpha value is -0.713. The molecule has 1 heterocycles. The molecule has 0 radical (unpaired) electrons. The predicted molar refractivity (Wildman–Crippen MR) is 119 cm³/mol. The molecule has 0 aromatic carbocycles. The number of carbonyl (C=O) groups is 1. The molecule has 0 bridgehead atoms. The van der Waals surface area contributed by atoms with Gasteiger partial charge in [0, 0.05) is 15.8 Å². The Labute approximate surface area is 166 Å². The molecular weight excluding hydrogens is 356 g/mol. The topological polar surface area (TPSA) is 26.3 Å². The van der Waals surface area contributed by atoms with Gasteiger partial charge in [0.15, 0.2) is 14.6 Å². The third-order valence-electron chi connectivity index (χ3n) is 6.10. The second kappa shape index (κ2) is 11.2. The van der Waals surface area contributed by atoms with E-state index in [9.17, 15) is 4.79 Å². The van der Waals surface area contributed by atoms with Crippen molar-refractivity contribution in [3.63, 3.8) is 0 Å². The summed E-state index contributed by atoms with van der Waals surface area (Å²) in [7, 11) is -1.60. The molecule has 0 saturated carbocycles. The van der Waals surface area contributed by atoms with Gasteiger partial charge < -0.3 is 4.43 Å². The largest absolute Gasteiger partial charge is 0.411 e. The van der Waals surface area contributed by atoms with Crippen LogP contribution in [0.1, 0.15) is 88.9 Å². The Bertz CT molecular complexity index is 560. The van der Waals surface area contributed by atoms with Crippen LogP contribution in [0.5, 0.6) is 0 Å². The molecule has 0 unspecified atom stereocenters. The van der Waals surface area contributed by atoms with Gasteiger partial charge in [-0.2, -0.15) is 0 Å². The van der Waals surface area contributed by atoms with E-state index in [1.54, 1.807) is 11.3 Å². The van der Waals surface area contributed by atoms with Gasteiger partial charge in [0.1, 0.15) is 0 Å². The van der Waals surface area contributed by atoms with Crippen LogP contribution >= 0.6 is 11.3 Å². The maximum absolute atomic E-state index is 10.9. The summed E-state index contributed by atoms with van der Waals surface area (Å²) in [4.78, 5) is 12.2. The molecule has 0 aliphatic rings. The van der Waals surface area contributed by atoms with E-state index in [0.717, 1.165) is 44.0 Å². The lowest BCUT2D eigenvalue weighted by Gasteiger charge is -2.42. The summed E-state index contributed by atoms with van der Waals surface area (Å²) in [6, 6.07) is 5.64. The van der Waals surface area contributed by atoms with E-state index < -0.39 is 8.32 Å². The molecule has 0 fully saturated rings. The quantitative estimate of drug-likeness (QED) is 0.253. The number of rotatable bonds is 13. The van der Waals surface area contributed by atoms with E-state index in [2.05, 4.69) is 47.6 Å². The minimum Gasteiger partial charge on any atom is -0.411 e. The van der Waals surface area contributed by atoms with Crippen LogP contribution in [-0.4, -0.2) is 20.2 Å². The molecule has 1 rings (SSSR count). The Morgan fingerprint density at radius 3 is 2.15 bits per heavy atom. The first-order valence-electron chi connectivity index (χ1n) is 10.4. The van der Waals surface area contributed by atoms with E-state index in [0.29, 0.717) is 0 Å². The van der Waals surface area contributed by atoms with Crippen LogP contribution in [0.3, 0.4) is 0 Å². The third-order valence-corrected chi connectivity index (χ3v) is 11.9. The molecule has 0 aliphatic carbocycles. The smallest absolute Gasteiger partial charge is 0.192 e. The van der Waals surface area contributed by atoms with Gasteiger partial charge in [-0.3, -0.25) is 4.79 Å². The van der Waals surface area contributed by atoms with Gasteiger partial charge in [0.2, 0.25) is 0 Å². The Kier molecular flexibility index (Phi) is 10.1. The molecule has 2 nitrogen and oxygen atoms in total. The average molecular weight is 395 g/mol. The zero-order chi connectivity index (χ0) is 19.6. The summed E-state index contributed by atoms with van der Waals surface area (Å²) in [6.45, 7) is 13.7. The van der Waals surface area contributed by atoms with Gasteiger partial charge in [0.05, 0.1) is 5.60 Å². The van der Waals surface area contributed by atoms with Gasteiger partial charge in [-0.1, -0.05) is 47.6 Å². The average Bonchev–Trinajstić information content (AvgIpc) is 3.17. The molecule has 0 atom stereocenters. The monoisotopic (exact) mass is 394 g/mol. The van der Waals surface area contributed by atoms with E-state index in [4.69, 9.17) is 4.43 Å². The van der Waals surface area contributed by atoms with Crippen molar-refractivity contribution in [3.8, 4) is 0 Å². The first kappa shape index (κ1) is 23.3. The molecule has 0 amide bonds. The Balaban J connectivity index is 2.90. The third kappa shape index (κ3) is 5.90. The molecule has 0 aliphatic heterocycles. The number of carbonyl (C=O) groups excluding carboxylic acids is 1. The van der Waals surface area contributed by atoms with Crippen LogP contribution in [0.15, 0.2) is 17.5 Å². The van der Waals surface area contributed by atoms with Crippen LogP contribution in [0.2, 0.25) is 18.1 Å². The highest BCUT2D eigenvalue weighted by molar-refractivity contribution is 7.11. The molecule has 148 valence electrons. The summed E-state index contributed by atoms with van der Waals surface area (Å²) in [5.74, 6) is 0. The van der Waals surface area contributed by atoms with Crippen LogP contribution in [0.25, 0.3) is 5.57 Å². The number of hydrogen-bond donors (Lipinski definition) is 0. The molecule has 1 aromatic rings. The normalized spacial score (nSPS) is 13.2. The molecule has 4 heteroatoms. The maximum Gasteiger partial charge on any atom is 0.192 e. The van der Waals surface area contributed by atoms with Crippen molar-refractivity contribution < 1.29 is 9.22 Å². The van der Waals surface area contributed by atoms with Gasteiger partial charge in [0.25, 0.3) is 0 Å². The van der Waals surface area contributed by atoms with Crippen molar-refractivity contribution in [3.05, 3.63) is 28.0 Å². The van der Waals surface area contributed by atoms with Crippen LogP contribution in [-0.2, 0) is 4.43 Å². The zero-order valence-electron chi connectivity index (χ0n) is 17.7. The summed E-state index contributed by atoms with van der Waals surface area (Å²) >= 11 is 1.67. The Morgan fingerprint density at radius 2 is 1.73 bits per heavy atom. The molecule has 0 spiro atoms. The predicted octanol–water partition coefficient (Wildman–Crippen LogP) is 7.71. The fourth-order valence-corrected chi connectivity index (χ4v) is 7.95. The van der Waals surface area contributed by atoms with Crippen LogP contribution in [0, 0.1) is 0 Å². The van der Waals surface area contributed by atoms with Crippen molar-refractivity contribution in [2.45, 2.75) is 97.4 Å². The van der Waals surface area contributed by atoms with E-state index in [1.165, 1.54) is 28.6 Å². The Morgan fingerprint density at radius 1 is 1.12 bits per heavy atom. The SMILES string of the molecule is CCC(=CCCC(CC)(CC)O[Si](CC)(CC)CC)c1cc(C=O)cs1. The summed E-state index contributed by atoms with van der Waals surface area (Å²) in [5, 5.41) is 1.95.